The van der Waals surface area contributed by atoms with E-state index in [-0.39, 0.29) is 5.75 Å². The molecule has 3 aromatic carbocycles. The van der Waals surface area contributed by atoms with Gasteiger partial charge < -0.3 is 15.3 Å². The van der Waals surface area contributed by atoms with Crippen LogP contribution >= 0.6 is 0 Å². The van der Waals surface area contributed by atoms with E-state index in [1.165, 1.54) is 12.8 Å². The van der Waals surface area contributed by atoms with Gasteiger partial charge in [-0.1, -0.05) is 36.4 Å². The van der Waals surface area contributed by atoms with Crippen molar-refractivity contribution in [3.63, 3.8) is 0 Å². The van der Waals surface area contributed by atoms with Crippen molar-refractivity contribution in [3.05, 3.63) is 90.5 Å². The van der Waals surface area contributed by atoms with E-state index in [2.05, 4.69) is 45.5 Å². The molecule has 2 aliphatic rings. The van der Waals surface area contributed by atoms with Crippen LogP contribution in [0.1, 0.15) is 24.2 Å². The van der Waals surface area contributed by atoms with E-state index in [0.717, 1.165) is 63.1 Å². The summed E-state index contributed by atoms with van der Waals surface area (Å²) in [4.78, 5) is 17.0. The van der Waals surface area contributed by atoms with Crippen LogP contribution in [-0.4, -0.2) is 45.2 Å². The SMILES string of the molecule is Oc1cc(-c2ccc3c(N4[C@@H]5CC[C@H]4CNC5)nc(Cc4cccnc4)nc3c2)c2ccccc2c1. The Hall–Kier alpha value is -4.03. The third kappa shape index (κ3) is 3.65. The van der Waals surface area contributed by atoms with Crippen molar-refractivity contribution in [1.29, 1.82) is 0 Å². The Kier molecular flexibility index (Phi) is 5.06. The molecular formula is C30H27N5O. The van der Waals surface area contributed by atoms with Crippen LogP contribution in [0.2, 0.25) is 0 Å². The first-order valence-electron chi connectivity index (χ1n) is 12.6. The molecular weight excluding hydrogens is 446 g/mol. The van der Waals surface area contributed by atoms with Crippen LogP contribution in [0.15, 0.2) is 79.1 Å². The fourth-order valence-electron chi connectivity index (χ4n) is 5.95. The number of pyridine rings is 1. The van der Waals surface area contributed by atoms with Gasteiger partial charge in [0.1, 0.15) is 17.4 Å². The van der Waals surface area contributed by atoms with Crippen molar-refractivity contribution < 1.29 is 5.11 Å². The number of nitrogens with one attached hydrogen (secondary N) is 1. The lowest BCUT2D eigenvalue weighted by molar-refractivity contribution is 0.476. The fourth-order valence-corrected chi connectivity index (χ4v) is 5.95. The molecule has 0 amide bonds. The maximum absolute atomic E-state index is 10.4. The van der Waals surface area contributed by atoms with E-state index < -0.39 is 0 Å². The second-order valence-corrected chi connectivity index (χ2v) is 9.90. The van der Waals surface area contributed by atoms with Crippen molar-refractivity contribution in [2.75, 3.05) is 18.0 Å². The Morgan fingerprint density at radius 1 is 0.889 bits per heavy atom. The summed E-state index contributed by atoms with van der Waals surface area (Å²) in [5.41, 5.74) is 4.07. The Morgan fingerprint density at radius 3 is 2.58 bits per heavy atom. The van der Waals surface area contributed by atoms with Gasteiger partial charge in [0.05, 0.1) is 5.52 Å². The highest BCUT2D eigenvalue weighted by atomic mass is 16.3. The molecule has 0 radical (unpaired) electrons. The first kappa shape index (κ1) is 21.3. The summed E-state index contributed by atoms with van der Waals surface area (Å²) in [5.74, 6) is 2.11. The summed E-state index contributed by atoms with van der Waals surface area (Å²) >= 11 is 0. The lowest BCUT2D eigenvalue weighted by Gasteiger charge is -2.37. The number of benzene rings is 3. The predicted molar refractivity (Wildman–Crippen MR) is 143 cm³/mol. The first-order chi connectivity index (χ1) is 17.7. The first-order valence-corrected chi connectivity index (χ1v) is 12.6. The number of anilines is 1. The van der Waals surface area contributed by atoms with Crippen LogP contribution in [0.25, 0.3) is 32.8 Å². The van der Waals surface area contributed by atoms with Crippen molar-refractivity contribution in [3.8, 4) is 16.9 Å². The van der Waals surface area contributed by atoms with Gasteiger partial charge in [0.15, 0.2) is 0 Å². The third-order valence-electron chi connectivity index (χ3n) is 7.59. The van der Waals surface area contributed by atoms with Gasteiger partial charge in [-0.25, -0.2) is 9.97 Å². The Balaban J connectivity index is 1.41. The Morgan fingerprint density at radius 2 is 1.75 bits per heavy atom. The largest absolute Gasteiger partial charge is 0.508 e. The lowest BCUT2D eigenvalue weighted by atomic mass is 9.96. The topological polar surface area (TPSA) is 74.2 Å². The van der Waals surface area contributed by atoms with Crippen molar-refractivity contribution >= 4 is 27.5 Å². The number of rotatable bonds is 4. The van der Waals surface area contributed by atoms with E-state index >= 15 is 0 Å². The highest BCUT2D eigenvalue weighted by molar-refractivity contribution is 6.01. The van der Waals surface area contributed by atoms with E-state index in [4.69, 9.17) is 9.97 Å². The molecule has 6 nitrogen and oxygen atoms in total. The number of aromatic hydroxyl groups is 1. The highest BCUT2D eigenvalue weighted by Crippen LogP contribution is 2.38. The zero-order valence-electron chi connectivity index (χ0n) is 19.9. The highest BCUT2D eigenvalue weighted by Gasteiger charge is 2.38. The molecule has 178 valence electrons. The molecule has 0 spiro atoms. The van der Waals surface area contributed by atoms with Gasteiger partial charge in [0, 0.05) is 49.4 Å². The van der Waals surface area contributed by atoms with Crippen LogP contribution in [-0.2, 0) is 6.42 Å². The minimum absolute atomic E-state index is 0.266. The minimum atomic E-state index is 0.266. The van der Waals surface area contributed by atoms with Crippen LogP contribution in [0.4, 0.5) is 5.82 Å². The van der Waals surface area contributed by atoms with Crippen molar-refractivity contribution in [2.45, 2.75) is 31.3 Å². The van der Waals surface area contributed by atoms with E-state index in [1.54, 1.807) is 6.20 Å². The van der Waals surface area contributed by atoms with Crippen LogP contribution in [0.3, 0.4) is 0 Å². The van der Waals surface area contributed by atoms with E-state index in [9.17, 15) is 5.11 Å². The smallest absolute Gasteiger partial charge is 0.140 e. The van der Waals surface area contributed by atoms with E-state index in [0.29, 0.717) is 18.5 Å². The van der Waals surface area contributed by atoms with Crippen molar-refractivity contribution in [2.24, 2.45) is 0 Å². The van der Waals surface area contributed by atoms with Gasteiger partial charge in [0.25, 0.3) is 0 Å². The molecule has 2 atom stereocenters. The Bertz CT molecular complexity index is 1570. The second kappa shape index (κ2) is 8.57. The molecule has 2 N–H and O–H groups in total. The van der Waals surface area contributed by atoms with Crippen molar-refractivity contribution in [1.82, 2.24) is 20.3 Å². The monoisotopic (exact) mass is 473 g/mol. The number of aromatic nitrogens is 3. The van der Waals surface area contributed by atoms with Gasteiger partial charge in [0.2, 0.25) is 0 Å². The standard InChI is InChI=1S/C30H27N5O/c36-24-13-20-5-1-2-6-25(20)27(15-24)21-7-10-26-28(14-21)33-29(12-19-4-3-11-31-16-19)34-30(26)35-22-8-9-23(35)18-32-17-22/h1-7,10-11,13-16,22-23,32,36H,8-9,12,17-18H2/t22-,23+. The molecule has 7 rings (SSSR count). The molecule has 2 aliphatic heterocycles. The van der Waals surface area contributed by atoms with Crippen LogP contribution in [0, 0.1) is 0 Å². The molecule has 6 heteroatoms. The number of nitrogens with zero attached hydrogens (tertiary/aromatic N) is 4. The third-order valence-corrected chi connectivity index (χ3v) is 7.59. The molecule has 0 saturated carbocycles. The molecule has 36 heavy (non-hydrogen) atoms. The number of hydrogen-bond donors (Lipinski definition) is 2. The zero-order valence-corrected chi connectivity index (χ0v) is 19.9. The average molecular weight is 474 g/mol. The number of phenols is 1. The summed E-state index contributed by atoms with van der Waals surface area (Å²) in [6, 6.07) is 23.2. The molecule has 0 unspecified atom stereocenters. The molecule has 2 saturated heterocycles. The Labute approximate surface area is 209 Å². The summed E-state index contributed by atoms with van der Waals surface area (Å²) < 4.78 is 0. The van der Waals surface area contributed by atoms with Gasteiger partial charge in [-0.15, -0.1) is 0 Å². The average Bonchev–Trinajstić information content (AvgIpc) is 3.15. The molecule has 5 aromatic rings. The van der Waals surface area contributed by atoms with Gasteiger partial charge in [-0.2, -0.15) is 0 Å². The molecule has 4 heterocycles. The number of phenolic OH excluding ortho intramolecular Hbond substituents is 1. The normalized spacial score (nSPS) is 19.3. The summed E-state index contributed by atoms with van der Waals surface area (Å²) in [6.45, 7) is 1.99. The number of hydrogen-bond acceptors (Lipinski definition) is 6. The lowest BCUT2D eigenvalue weighted by Crippen LogP contribution is -2.52. The zero-order chi connectivity index (χ0) is 24.1. The second-order valence-electron chi connectivity index (χ2n) is 9.90. The molecule has 2 fully saturated rings. The van der Waals surface area contributed by atoms with E-state index in [1.807, 2.05) is 42.6 Å². The number of piperazine rings is 1. The molecule has 2 bridgehead atoms. The maximum atomic E-state index is 10.4. The van der Waals surface area contributed by atoms with Crippen LogP contribution < -0.4 is 10.2 Å². The summed E-state index contributed by atoms with van der Waals surface area (Å²) in [7, 11) is 0. The minimum Gasteiger partial charge on any atom is -0.508 e. The van der Waals surface area contributed by atoms with Gasteiger partial charge in [-0.3, -0.25) is 4.98 Å². The maximum Gasteiger partial charge on any atom is 0.140 e. The molecule has 0 aliphatic carbocycles. The van der Waals surface area contributed by atoms with Gasteiger partial charge >= 0.3 is 0 Å². The van der Waals surface area contributed by atoms with Crippen LogP contribution in [0.5, 0.6) is 5.75 Å². The fraction of sp³-hybridized carbons (Fsp3) is 0.233. The predicted octanol–water partition coefficient (Wildman–Crippen LogP) is 5.08. The quantitative estimate of drug-likeness (QED) is 0.379. The number of fused-ring (bicyclic) bond motifs is 4. The van der Waals surface area contributed by atoms with Gasteiger partial charge in [-0.05, 0) is 70.6 Å². The summed E-state index contributed by atoms with van der Waals surface area (Å²) in [6.07, 6.45) is 6.69. The molecule has 2 aromatic heterocycles. The summed E-state index contributed by atoms with van der Waals surface area (Å²) in [5, 5.41) is 17.2.